The van der Waals surface area contributed by atoms with E-state index in [9.17, 15) is 13.2 Å². The van der Waals surface area contributed by atoms with Crippen molar-refractivity contribution >= 4 is 37.6 Å². The van der Waals surface area contributed by atoms with Crippen LogP contribution in [-0.4, -0.2) is 31.1 Å². The quantitative estimate of drug-likeness (QED) is 0.391. The smallest absolute Gasteiger partial charge is 0.331 e. The number of anilines is 1. The lowest BCUT2D eigenvalue weighted by atomic mass is 9.83. The van der Waals surface area contributed by atoms with Crippen LogP contribution >= 0.6 is 15.9 Å². The number of aliphatic carboxylic acids is 1. The summed E-state index contributed by atoms with van der Waals surface area (Å²) in [5, 5.41) is 8.87. The molecule has 0 spiro atoms. The molecule has 0 saturated carbocycles. The maximum atomic E-state index is 13.5. The first-order valence-corrected chi connectivity index (χ1v) is 12.6. The van der Waals surface area contributed by atoms with Crippen LogP contribution in [0.2, 0.25) is 0 Å². The average Bonchev–Trinajstić information content (AvgIpc) is 2.73. The lowest BCUT2D eigenvalue weighted by molar-refractivity contribution is -0.131. The second-order valence-electron chi connectivity index (χ2n) is 7.73. The van der Waals surface area contributed by atoms with E-state index < -0.39 is 27.6 Å². The van der Waals surface area contributed by atoms with Gasteiger partial charge in [0.15, 0.2) is 5.76 Å². The molecule has 2 aliphatic heterocycles. The van der Waals surface area contributed by atoms with Crippen LogP contribution in [-0.2, 0) is 19.6 Å². The number of nitrogens with one attached hydrogen (secondary N) is 1. The Kier molecular flexibility index (Phi) is 7.28. The number of rotatable bonds is 8. The van der Waals surface area contributed by atoms with Gasteiger partial charge in [-0.15, -0.1) is 0 Å². The van der Waals surface area contributed by atoms with Crippen molar-refractivity contribution in [1.29, 1.82) is 0 Å². The SMILES string of the molecule is CCCCC1(CC)CC2C(=C(O/C=C/C(=O)O)C(Br)=CN2c2ccccc2)S(=O)(=O)N1. The first-order chi connectivity index (χ1) is 14.7. The Morgan fingerprint density at radius 3 is 2.68 bits per heavy atom. The van der Waals surface area contributed by atoms with Gasteiger partial charge in [-0.3, -0.25) is 0 Å². The van der Waals surface area contributed by atoms with Crippen molar-refractivity contribution in [3.05, 3.63) is 64.0 Å². The van der Waals surface area contributed by atoms with E-state index >= 15 is 0 Å². The van der Waals surface area contributed by atoms with Crippen LogP contribution in [0.1, 0.15) is 46.0 Å². The van der Waals surface area contributed by atoms with Gasteiger partial charge in [0.2, 0.25) is 10.0 Å². The molecule has 2 heterocycles. The van der Waals surface area contributed by atoms with E-state index in [1.165, 1.54) is 0 Å². The van der Waals surface area contributed by atoms with E-state index in [0.717, 1.165) is 37.3 Å². The van der Waals surface area contributed by atoms with Crippen LogP contribution in [0.15, 0.2) is 64.0 Å². The number of unbranched alkanes of at least 4 members (excludes halogenated alkanes) is 1. The summed E-state index contributed by atoms with van der Waals surface area (Å²) < 4.78 is 35.9. The summed E-state index contributed by atoms with van der Waals surface area (Å²) in [6.07, 6.45) is 7.48. The van der Waals surface area contributed by atoms with Crippen LogP contribution < -0.4 is 9.62 Å². The standard InChI is InChI=1S/C22H27BrN2O5S/c1-3-5-12-22(4-2)14-18-21(31(28,29)24-22)20(30-13-11-19(26)27)17(23)15-25(18)16-9-7-6-8-10-16/h6-11,13,15,18,24H,3-5,12,14H2,1-2H3,(H,26,27)/b13-11+. The Labute approximate surface area is 191 Å². The summed E-state index contributed by atoms with van der Waals surface area (Å²) in [6.45, 7) is 4.09. The number of halogens is 1. The third-order valence-electron chi connectivity index (χ3n) is 5.69. The monoisotopic (exact) mass is 510 g/mol. The molecule has 7 nitrogen and oxygen atoms in total. The molecular weight excluding hydrogens is 484 g/mol. The van der Waals surface area contributed by atoms with E-state index in [4.69, 9.17) is 9.84 Å². The lowest BCUT2D eigenvalue weighted by Crippen LogP contribution is -2.60. The number of fused-ring (bicyclic) bond motifs is 1. The third-order valence-corrected chi connectivity index (χ3v) is 8.00. The molecule has 1 aromatic rings. The van der Waals surface area contributed by atoms with Crippen LogP contribution in [0, 0.1) is 0 Å². The summed E-state index contributed by atoms with van der Waals surface area (Å²) in [4.78, 5) is 12.9. The largest absolute Gasteiger partial charge is 0.478 e. The van der Waals surface area contributed by atoms with Gasteiger partial charge in [0.1, 0.15) is 4.91 Å². The van der Waals surface area contributed by atoms with Gasteiger partial charge in [0, 0.05) is 17.4 Å². The summed E-state index contributed by atoms with van der Waals surface area (Å²) >= 11 is 3.42. The van der Waals surface area contributed by atoms with Gasteiger partial charge in [-0.25, -0.2) is 17.9 Å². The van der Waals surface area contributed by atoms with Crippen molar-refractivity contribution in [2.75, 3.05) is 4.90 Å². The summed E-state index contributed by atoms with van der Waals surface area (Å²) in [5.41, 5.74) is 0.301. The molecule has 168 valence electrons. The maximum absolute atomic E-state index is 13.5. The number of hydrogen-bond acceptors (Lipinski definition) is 5. The molecule has 2 N–H and O–H groups in total. The molecule has 2 aliphatic rings. The molecule has 1 aromatic carbocycles. The zero-order chi connectivity index (χ0) is 22.6. The number of ether oxygens (including phenoxy) is 1. The zero-order valence-electron chi connectivity index (χ0n) is 17.5. The van der Waals surface area contributed by atoms with Crippen LogP contribution in [0.4, 0.5) is 5.69 Å². The van der Waals surface area contributed by atoms with Crippen molar-refractivity contribution in [1.82, 2.24) is 4.72 Å². The number of allylic oxidation sites excluding steroid dienone is 1. The molecule has 3 rings (SSSR count). The van der Waals surface area contributed by atoms with Crippen molar-refractivity contribution in [3.63, 3.8) is 0 Å². The number of carbonyl (C=O) groups is 1. The minimum atomic E-state index is -3.90. The molecule has 0 radical (unpaired) electrons. The van der Waals surface area contributed by atoms with Crippen molar-refractivity contribution in [3.8, 4) is 0 Å². The summed E-state index contributed by atoms with van der Waals surface area (Å²) in [6, 6.07) is 9.09. The molecule has 0 amide bonds. The average molecular weight is 511 g/mol. The first kappa shape index (κ1) is 23.6. The van der Waals surface area contributed by atoms with Crippen LogP contribution in [0.25, 0.3) is 0 Å². The highest BCUT2D eigenvalue weighted by molar-refractivity contribution is 9.12. The van der Waals surface area contributed by atoms with E-state index in [1.807, 2.05) is 42.2 Å². The predicted octanol–water partition coefficient (Wildman–Crippen LogP) is 4.60. The number of carboxylic acids is 1. The Hall–Kier alpha value is -2.10. The van der Waals surface area contributed by atoms with Crippen LogP contribution in [0.3, 0.4) is 0 Å². The van der Waals surface area contributed by atoms with Gasteiger partial charge in [-0.2, -0.15) is 0 Å². The molecule has 2 atom stereocenters. The van der Waals surface area contributed by atoms with Crippen molar-refractivity contribution in [2.24, 2.45) is 0 Å². The number of sulfonamides is 1. The third kappa shape index (κ3) is 5.05. The highest BCUT2D eigenvalue weighted by Crippen LogP contribution is 2.44. The van der Waals surface area contributed by atoms with E-state index in [-0.39, 0.29) is 10.7 Å². The van der Waals surface area contributed by atoms with E-state index in [2.05, 4.69) is 27.6 Å². The van der Waals surface area contributed by atoms with E-state index in [0.29, 0.717) is 17.3 Å². The molecule has 0 aliphatic carbocycles. The molecule has 0 aromatic heterocycles. The zero-order valence-corrected chi connectivity index (χ0v) is 19.9. The predicted molar refractivity (Wildman–Crippen MR) is 124 cm³/mol. The number of para-hydroxylation sites is 1. The van der Waals surface area contributed by atoms with Gasteiger partial charge in [-0.1, -0.05) is 44.9 Å². The highest BCUT2D eigenvalue weighted by Gasteiger charge is 2.50. The Morgan fingerprint density at radius 1 is 1.35 bits per heavy atom. The fourth-order valence-electron chi connectivity index (χ4n) is 4.10. The fraction of sp³-hybridized carbons (Fsp3) is 0.409. The number of hydrogen-bond donors (Lipinski definition) is 2. The molecular formula is C22H27BrN2O5S. The van der Waals surface area contributed by atoms with Gasteiger partial charge >= 0.3 is 5.97 Å². The van der Waals surface area contributed by atoms with E-state index in [1.54, 1.807) is 6.20 Å². The number of carboxylic acid groups (broad SMARTS) is 1. The first-order valence-electron chi connectivity index (χ1n) is 10.3. The molecule has 2 unspecified atom stereocenters. The Bertz CT molecular complexity index is 1020. The topological polar surface area (TPSA) is 95.9 Å². The fourth-order valence-corrected chi connectivity index (χ4v) is 6.73. The Balaban J connectivity index is 2.14. The normalized spacial score (nSPS) is 25.3. The second-order valence-corrected chi connectivity index (χ2v) is 10.2. The van der Waals surface area contributed by atoms with Crippen LogP contribution in [0.5, 0.6) is 0 Å². The van der Waals surface area contributed by atoms with Crippen molar-refractivity contribution < 1.29 is 23.1 Å². The van der Waals surface area contributed by atoms with Gasteiger partial charge in [0.05, 0.1) is 22.9 Å². The van der Waals surface area contributed by atoms with Gasteiger partial charge < -0.3 is 14.7 Å². The minimum absolute atomic E-state index is 0.0985. The molecule has 1 fully saturated rings. The molecule has 0 bridgehead atoms. The highest BCUT2D eigenvalue weighted by atomic mass is 79.9. The second kappa shape index (κ2) is 9.58. The summed E-state index contributed by atoms with van der Waals surface area (Å²) in [7, 11) is -3.90. The number of nitrogens with zero attached hydrogens (tertiary/aromatic N) is 1. The van der Waals surface area contributed by atoms with Gasteiger partial charge in [0.25, 0.3) is 0 Å². The Morgan fingerprint density at radius 2 is 2.06 bits per heavy atom. The van der Waals surface area contributed by atoms with Gasteiger partial charge in [-0.05, 0) is 47.3 Å². The lowest BCUT2D eigenvalue weighted by Gasteiger charge is -2.47. The number of benzene rings is 1. The molecule has 1 saturated heterocycles. The maximum Gasteiger partial charge on any atom is 0.331 e. The summed E-state index contributed by atoms with van der Waals surface area (Å²) in [5.74, 6) is -1.08. The van der Waals surface area contributed by atoms with Crippen molar-refractivity contribution in [2.45, 2.75) is 57.5 Å². The molecule has 31 heavy (non-hydrogen) atoms. The minimum Gasteiger partial charge on any atom is -0.478 e. The molecule has 9 heteroatoms.